The molecule has 1 fully saturated rings. The van der Waals surface area contributed by atoms with Crippen molar-refractivity contribution in [1.29, 1.82) is 0 Å². The Morgan fingerprint density at radius 2 is 2.19 bits per heavy atom. The summed E-state index contributed by atoms with van der Waals surface area (Å²) in [6, 6.07) is 3.68. The highest BCUT2D eigenvalue weighted by Crippen LogP contribution is 2.19. The van der Waals surface area contributed by atoms with E-state index in [-0.39, 0.29) is 16.6 Å². The average molecular weight is 379 g/mol. The van der Waals surface area contributed by atoms with Crippen LogP contribution in [0, 0.1) is 0 Å². The molecule has 0 radical (unpaired) electrons. The molecule has 0 saturated carbocycles. The van der Waals surface area contributed by atoms with Gasteiger partial charge in [0.2, 0.25) is 5.95 Å². The van der Waals surface area contributed by atoms with E-state index in [1.165, 1.54) is 12.6 Å². The molecule has 1 N–H and O–H groups in total. The third-order valence-electron chi connectivity index (χ3n) is 4.16. The summed E-state index contributed by atoms with van der Waals surface area (Å²) < 4.78 is 10.7. The van der Waals surface area contributed by atoms with E-state index >= 15 is 0 Å². The predicted molar refractivity (Wildman–Crippen MR) is 98.4 cm³/mol. The number of anilines is 1. The lowest BCUT2D eigenvalue weighted by Crippen LogP contribution is -2.32. The highest BCUT2D eigenvalue weighted by Gasteiger charge is 2.18. The third-order valence-corrected chi connectivity index (χ3v) is 4.44. The summed E-state index contributed by atoms with van der Waals surface area (Å²) in [4.78, 5) is 23.1. The number of rotatable bonds is 8. The van der Waals surface area contributed by atoms with Crippen LogP contribution in [0.1, 0.15) is 41.9 Å². The molecule has 8 heteroatoms. The van der Waals surface area contributed by atoms with Gasteiger partial charge in [-0.05, 0) is 37.8 Å². The van der Waals surface area contributed by atoms with Gasteiger partial charge in [-0.2, -0.15) is 0 Å². The topological polar surface area (TPSA) is 80.5 Å². The molecule has 0 aliphatic carbocycles. The number of piperidine rings is 1. The minimum absolute atomic E-state index is 0.221. The van der Waals surface area contributed by atoms with Gasteiger partial charge in [0.15, 0.2) is 5.69 Å². The van der Waals surface area contributed by atoms with Crippen LogP contribution in [0.2, 0.25) is 5.02 Å². The first-order valence-electron chi connectivity index (χ1n) is 8.90. The van der Waals surface area contributed by atoms with Crippen molar-refractivity contribution < 1.29 is 13.9 Å². The highest BCUT2D eigenvalue weighted by atomic mass is 35.5. The molecular formula is C18H23ClN4O3. The summed E-state index contributed by atoms with van der Waals surface area (Å²) in [5, 5.41) is 3.09. The van der Waals surface area contributed by atoms with Crippen molar-refractivity contribution in [2.75, 3.05) is 31.1 Å². The van der Waals surface area contributed by atoms with E-state index in [0.29, 0.717) is 32.1 Å². The second-order valence-electron chi connectivity index (χ2n) is 6.16. The Hall–Kier alpha value is -2.12. The van der Waals surface area contributed by atoms with Gasteiger partial charge in [-0.1, -0.05) is 11.6 Å². The van der Waals surface area contributed by atoms with Crippen LogP contribution in [0.4, 0.5) is 5.95 Å². The smallest absolute Gasteiger partial charge is 0.271 e. The number of hydrogen-bond donors (Lipinski definition) is 1. The molecule has 0 atom stereocenters. The monoisotopic (exact) mass is 378 g/mol. The van der Waals surface area contributed by atoms with Gasteiger partial charge < -0.3 is 19.4 Å². The molecule has 0 spiro atoms. The Kier molecular flexibility index (Phi) is 6.85. The first-order chi connectivity index (χ1) is 12.7. The van der Waals surface area contributed by atoms with Gasteiger partial charge in [-0.25, -0.2) is 9.97 Å². The minimum atomic E-state index is -0.290. The van der Waals surface area contributed by atoms with E-state index in [4.69, 9.17) is 20.8 Å². The van der Waals surface area contributed by atoms with Gasteiger partial charge in [0, 0.05) is 26.2 Å². The van der Waals surface area contributed by atoms with E-state index in [9.17, 15) is 4.79 Å². The molecule has 2 aromatic heterocycles. The van der Waals surface area contributed by atoms with Gasteiger partial charge in [-0.15, -0.1) is 0 Å². The van der Waals surface area contributed by atoms with Gasteiger partial charge in [0.25, 0.3) is 5.91 Å². The number of nitrogens with one attached hydrogen (secondary N) is 1. The van der Waals surface area contributed by atoms with Gasteiger partial charge in [0.05, 0.1) is 17.5 Å². The number of hydrogen-bond acceptors (Lipinski definition) is 6. The van der Waals surface area contributed by atoms with Crippen molar-refractivity contribution in [3.8, 4) is 0 Å². The number of nitrogens with zero attached hydrogens (tertiary/aromatic N) is 3. The standard InChI is InChI=1S/C18H23ClN4O3/c19-15-12-21-18(23-8-2-1-3-9-23)22-16(15)17(24)20-7-5-10-25-13-14-6-4-11-26-14/h4,6,11-12H,1-3,5,7-10,13H2,(H,20,24). The summed E-state index contributed by atoms with van der Waals surface area (Å²) in [6.45, 7) is 3.26. The van der Waals surface area contributed by atoms with Crippen LogP contribution in [0.5, 0.6) is 0 Å². The first-order valence-corrected chi connectivity index (χ1v) is 9.27. The molecule has 0 aromatic carbocycles. The number of amides is 1. The van der Waals surface area contributed by atoms with E-state index in [1.54, 1.807) is 6.26 Å². The number of furan rings is 1. The predicted octanol–water partition coefficient (Wildman–Crippen LogP) is 3.05. The zero-order chi connectivity index (χ0) is 18.2. The lowest BCUT2D eigenvalue weighted by Gasteiger charge is -2.26. The highest BCUT2D eigenvalue weighted by molar-refractivity contribution is 6.33. The molecule has 1 aliphatic rings. The maximum atomic E-state index is 12.4. The number of carbonyl (C=O) groups is 1. The molecule has 3 heterocycles. The van der Waals surface area contributed by atoms with Crippen molar-refractivity contribution >= 4 is 23.5 Å². The van der Waals surface area contributed by atoms with Crippen LogP contribution in [0.3, 0.4) is 0 Å². The zero-order valence-corrected chi connectivity index (χ0v) is 15.4. The van der Waals surface area contributed by atoms with Gasteiger partial charge in [-0.3, -0.25) is 4.79 Å². The molecule has 1 aliphatic heterocycles. The molecule has 0 bridgehead atoms. The Balaban J connectivity index is 1.44. The van der Waals surface area contributed by atoms with Crippen molar-refractivity contribution in [2.24, 2.45) is 0 Å². The summed E-state index contributed by atoms with van der Waals surface area (Å²) in [6.07, 6.45) is 7.26. The summed E-state index contributed by atoms with van der Waals surface area (Å²) in [5.74, 6) is 1.06. The number of ether oxygens (including phenoxy) is 1. The second kappa shape index (κ2) is 9.54. The zero-order valence-electron chi connectivity index (χ0n) is 14.6. The van der Waals surface area contributed by atoms with Crippen LogP contribution >= 0.6 is 11.6 Å². The van der Waals surface area contributed by atoms with E-state index in [1.807, 2.05) is 12.1 Å². The largest absolute Gasteiger partial charge is 0.467 e. The van der Waals surface area contributed by atoms with Crippen molar-refractivity contribution in [3.05, 3.63) is 41.1 Å². The van der Waals surface area contributed by atoms with Crippen molar-refractivity contribution in [3.63, 3.8) is 0 Å². The third kappa shape index (κ3) is 5.19. The fourth-order valence-corrected chi connectivity index (χ4v) is 2.97. The fraction of sp³-hybridized carbons (Fsp3) is 0.500. The lowest BCUT2D eigenvalue weighted by atomic mass is 10.1. The Morgan fingerprint density at radius 1 is 1.35 bits per heavy atom. The average Bonchev–Trinajstić information content (AvgIpc) is 3.19. The molecule has 1 saturated heterocycles. The van der Waals surface area contributed by atoms with Crippen LogP contribution in [-0.4, -0.2) is 42.1 Å². The molecule has 140 valence electrons. The molecule has 0 unspecified atom stereocenters. The van der Waals surface area contributed by atoms with E-state index in [2.05, 4.69) is 20.2 Å². The van der Waals surface area contributed by atoms with Gasteiger partial charge >= 0.3 is 0 Å². The Labute approximate surface area is 157 Å². The molecule has 3 rings (SSSR count). The molecule has 7 nitrogen and oxygen atoms in total. The number of carbonyl (C=O) groups excluding carboxylic acids is 1. The minimum Gasteiger partial charge on any atom is -0.467 e. The molecule has 1 amide bonds. The number of halogens is 1. The van der Waals surface area contributed by atoms with E-state index in [0.717, 1.165) is 31.7 Å². The molecule has 2 aromatic rings. The maximum absolute atomic E-state index is 12.4. The van der Waals surface area contributed by atoms with Gasteiger partial charge in [0.1, 0.15) is 12.4 Å². The molecule has 26 heavy (non-hydrogen) atoms. The summed E-state index contributed by atoms with van der Waals surface area (Å²) in [7, 11) is 0. The second-order valence-corrected chi connectivity index (χ2v) is 6.56. The van der Waals surface area contributed by atoms with Crippen LogP contribution in [0.15, 0.2) is 29.0 Å². The quantitative estimate of drug-likeness (QED) is 0.711. The molecular weight excluding hydrogens is 356 g/mol. The Morgan fingerprint density at radius 3 is 2.96 bits per heavy atom. The number of aromatic nitrogens is 2. The normalized spacial score (nSPS) is 14.4. The van der Waals surface area contributed by atoms with Crippen LogP contribution < -0.4 is 10.2 Å². The summed E-state index contributed by atoms with van der Waals surface area (Å²) in [5.41, 5.74) is 0.221. The van der Waals surface area contributed by atoms with E-state index < -0.39 is 0 Å². The summed E-state index contributed by atoms with van der Waals surface area (Å²) >= 11 is 6.11. The van der Waals surface area contributed by atoms with Crippen molar-refractivity contribution in [2.45, 2.75) is 32.3 Å². The van der Waals surface area contributed by atoms with Crippen LogP contribution in [0.25, 0.3) is 0 Å². The maximum Gasteiger partial charge on any atom is 0.271 e. The Bertz CT molecular complexity index is 702. The first kappa shape index (κ1) is 18.7. The van der Waals surface area contributed by atoms with Crippen molar-refractivity contribution in [1.82, 2.24) is 15.3 Å². The SMILES string of the molecule is O=C(NCCCOCc1ccco1)c1nc(N2CCCCC2)ncc1Cl. The fourth-order valence-electron chi connectivity index (χ4n) is 2.79. The van der Waals surface area contributed by atoms with Crippen LogP contribution in [-0.2, 0) is 11.3 Å². The lowest BCUT2D eigenvalue weighted by molar-refractivity contribution is 0.0913.